The van der Waals surface area contributed by atoms with Gasteiger partial charge >= 0.3 is 0 Å². The van der Waals surface area contributed by atoms with Gasteiger partial charge in [0, 0.05) is 87.1 Å². The van der Waals surface area contributed by atoms with Gasteiger partial charge in [0.2, 0.25) is 17.7 Å². The number of imide groups is 2. The monoisotopic (exact) mass is 921 g/mol. The number of anilines is 5. The standard InChI is InChI=1S/C49H51N11O8/c1-27-24-56(42(63)23-51-30-5-7-33-34(19-30)46(66)60(45(33)65)37-8-10-41(62)54-44(37)64)13-14-57(27)31-6-9-40(52-22-31)53-36-17-29(25-55(4)47(36)67)32-11-12-50-43(35(32)26-61)59-16-15-58-38(48(59)68)18-28-20-49(2,3)21-39(28)58/h5-7,9,11-12,17-19,22,25,27,37,51,61H,8,10,13-16,20-21,23-24,26H2,1-4H3,(H,52,53)(H,54,62,64). The summed E-state index contributed by atoms with van der Waals surface area (Å²) in [7, 11) is 1.65. The number of aliphatic hydroxyl groups excluding tert-OH is 1. The van der Waals surface area contributed by atoms with Crippen LogP contribution in [0.3, 0.4) is 0 Å². The summed E-state index contributed by atoms with van der Waals surface area (Å²) in [6.07, 6.45) is 6.96. The lowest BCUT2D eigenvalue weighted by Gasteiger charge is -2.41. The Hall–Kier alpha value is -7.67. The second-order valence-electron chi connectivity index (χ2n) is 19.0. The molecule has 68 heavy (non-hydrogen) atoms. The average Bonchev–Trinajstić information content (AvgIpc) is 3.90. The van der Waals surface area contributed by atoms with Gasteiger partial charge in [0.25, 0.3) is 23.3 Å². The molecule has 2 unspecified atom stereocenters. The molecule has 10 rings (SSSR count). The van der Waals surface area contributed by atoms with Crippen molar-refractivity contribution in [2.75, 3.05) is 53.2 Å². The highest BCUT2D eigenvalue weighted by Crippen LogP contribution is 2.40. The molecule has 0 spiro atoms. The van der Waals surface area contributed by atoms with E-state index in [4.69, 9.17) is 0 Å². The topological polar surface area (TPSA) is 224 Å². The molecule has 0 radical (unpaired) electrons. The third-order valence-corrected chi connectivity index (χ3v) is 13.8. The first-order valence-electron chi connectivity index (χ1n) is 22.8. The summed E-state index contributed by atoms with van der Waals surface area (Å²) < 4.78 is 3.60. The maximum atomic E-state index is 14.0. The van der Waals surface area contributed by atoms with Crippen LogP contribution in [0.15, 0.2) is 71.9 Å². The zero-order valence-corrected chi connectivity index (χ0v) is 38.2. The third kappa shape index (κ3) is 7.75. The number of nitrogens with one attached hydrogen (secondary N) is 3. The summed E-state index contributed by atoms with van der Waals surface area (Å²) in [4.78, 5) is 107. The summed E-state index contributed by atoms with van der Waals surface area (Å²) in [6.45, 7) is 8.53. The lowest BCUT2D eigenvalue weighted by molar-refractivity contribution is -0.136. The van der Waals surface area contributed by atoms with Gasteiger partial charge in [0.05, 0.1) is 36.2 Å². The maximum Gasteiger partial charge on any atom is 0.276 e. The third-order valence-electron chi connectivity index (χ3n) is 13.8. The Morgan fingerprint density at radius 2 is 1.71 bits per heavy atom. The number of rotatable bonds is 10. The molecule has 4 aliphatic heterocycles. The Kier molecular flexibility index (Phi) is 11.0. The first-order valence-corrected chi connectivity index (χ1v) is 22.8. The summed E-state index contributed by atoms with van der Waals surface area (Å²) in [5.74, 6) is -1.84. The van der Waals surface area contributed by atoms with Crippen LogP contribution < -0.4 is 31.3 Å². The average molecular weight is 922 g/mol. The number of aliphatic hydroxyl groups is 1. The number of amides is 6. The van der Waals surface area contributed by atoms with Crippen LogP contribution in [-0.4, -0.2) is 114 Å². The number of aryl methyl sites for hydroxylation is 1. The second-order valence-corrected chi connectivity index (χ2v) is 19.0. The molecule has 19 nitrogen and oxygen atoms in total. The van der Waals surface area contributed by atoms with Crippen molar-refractivity contribution in [3.05, 3.63) is 111 Å². The van der Waals surface area contributed by atoms with Crippen LogP contribution in [-0.2, 0) is 47.4 Å². The van der Waals surface area contributed by atoms with Crippen molar-refractivity contribution in [1.82, 2.24) is 34.2 Å². The van der Waals surface area contributed by atoms with Gasteiger partial charge in [-0.25, -0.2) is 9.97 Å². The molecule has 0 bridgehead atoms. The zero-order chi connectivity index (χ0) is 47.8. The predicted molar refractivity (Wildman–Crippen MR) is 251 cm³/mol. The number of carbonyl (C=O) groups excluding carboxylic acids is 6. The fraction of sp³-hybridized carbons (Fsp3) is 0.367. The molecule has 4 N–H and O–H groups in total. The van der Waals surface area contributed by atoms with Gasteiger partial charge < -0.3 is 34.7 Å². The normalized spacial score (nSPS) is 19.8. The van der Waals surface area contributed by atoms with Crippen molar-refractivity contribution in [2.24, 2.45) is 12.5 Å². The Bertz CT molecular complexity index is 3030. The lowest BCUT2D eigenvalue weighted by atomic mass is 9.90. The number of carbonyl (C=O) groups is 6. The molecule has 5 aliphatic rings. The quantitative estimate of drug-likeness (QED) is 0.148. The molecular weight excluding hydrogens is 871 g/mol. The Labute approximate surface area is 390 Å². The molecular formula is C49H51N11O8. The van der Waals surface area contributed by atoms with Crippen LogP contribution >= 0.6 is 0 Å². The highest BCUT2D eigenvalue weighted by Gasteiger charge is 2.45. The Balaban J connectivity index is 0.773. The van der Waals surface area contributed by atoms with Crippen LogP contribution in [0.5, 0.6) is 0 Å². The lowest BCUT2D eigenvalue weighted by Crippen LogP contribution is -2.54. The molecule has 2 saturated heterocycles. The van der Waals surface area contributed by atoms with Crippen molar-refractivity contribution in [3.63, 3.8) is 0 Å². The van der Waals surface area contributed by atoms with Crippen LogP contribution in [0, 0.1) is 5.41 Å². The molecule has 350 valence electrons. The number of pyridine rings is 3. The molecule has 1 aromatic carbocycles. The number of piperidine rings is 1. The second kappa shape index (κ2) is 16.9. The minimum atomic E-state index is -1.07. The highest BCUT2D eigenvalue weighted by atomic mass is 16.3. The maximum absolute atomic E-state index is 14.0. The van der Waals surface area contributed by atoms with Crippen molar-refractivity contribution < 1.29 is 33.9 Å². The van der Waals surface area contributed by atoms with Crippen LogP contribution in [0.2, 0.25) is 0 Å². The SMILES string of the molecule is CC1CN(C(=O)CNc2ccc3c(c2)C(=O)N(C2CCC(=O)NC2=O)C3=O)CCN1c1ccc(Nc2cc(-c3ccnc(N4CCn5c(cc6c5CC(C)(C)C6)C4=O)c3CO)cn(C)c2=O)nc1. The first-order chi connectivity index (χ1) is 32.6. The molecule has 8 heterocycles. The number of fused-ring (bicyclic) bond motifs is 4. The number of hydrogen-bond acceptors (Lipinski definition) is 13. The van der Waals surface area contributed by atoms with E-state index >= 15 is 0 Å². The van der Waals surface area contributed by atoms with Crippen molar-refractivity contribution in [3.8, 4) is 11.1 Å². The van der Waals surface area contributed by atoms with Gasteiger partial charge in [-0.2, -0.15) is 0 Å². The molecule has 5 aromatic rings. The highest BCUT2D eigenvalue weighted by molar-refractivity contribution is 6.23. The van der Waals surface area contributed by atoms with E-state index in [0.29, 0.717) is 72.4 Å². The van der Waals surface area contributed by atoms with Gasteiger partial charge in [-0.15, -0.1) is 0 Å². The molecule has 19 heteroatoms. The van der Waals surface area contributed by atoms with E-state index in [2.05, 4.69) is 49.2 Å². The van der Waals surface area contributed by atoms with E-state index in [1.807, 2.05) is 19.1 Å². The largest absolute Gasteiger partial charge is 0.392 e. The fourth-order valence-corrected chi connectivity index (χ4v) is 10.4. The van der Waals surface area contributed by atoms with E-state index in [1.165, 1.54) is 28.0 Å². The summed E-state index contributed by atoms with van der Waals surface area (Å²) in [5.41, 5.74) is 6.55. The van der Waals surface area contributed by atoms with Crippen molar-refractivity contribution in [2.45, 2.75) is 71.7 Å². The van der Waals surface area contributed by atoms with Crippen LogP contribution in [0.25, 0.3) is 11.1 Å². The molecule has 1 aliphatic carbocycles. The van der Waals surface area contributed by atoms with Crippen molar-refractivity contribution >= 4 is 64.1 Å². The van der Waals surface area contributed by atoms with E-state index in [-0.39, 0.29) is 71.6 Å². The summed E-state index contributed by atoms with van der Waals surface area (Å²) in [6, 6.07) is 12.7. The Morgan fingerprint density at radius 1 is 0.897 bits per heavy atom. The van der Waals surface area contributed by atoms with Crippen LogP contribution in [0.4, 0.5) is 28.7 Å². The minimum Gasteiger partial charge on any atom is -0.392 e. The van der Waals surface area contributed by atoms with Crippen LogP contribution in [0.1, 0.15) is 81.6 Å². The van der Waals surface area contributed by atoms with Crippen molar-refractivity contribution in [1.29, 1.82) is 0 Å². The number of nitrogens with zero attached hydrogens (tertiary/aromatic N) is 8. The summed E-state index contributed by atoms with van der Waals surface area (Å²) >= 11 is 0. The van der Waals surface area contributed by atoms with E-state index in [1.54, 1.807) is 59.7 Å². The molecule has 2 atom stereocenters. The molecule has 4 aromatic heterocycles. The smallest absolute Gasteiger partial charge is 0.276 e. The molecule has 0 saturated carbocycles. The van der Waals surface area contributed by atoms with Gasteiger partial charge in [-0.1, -0.05) is 13.8 Å². The molecule has 6 amide bonds. The predicted octanol–water partition coefficient (Wildman–Crippen LogP) is 3.22. The van der Waals surface area contributed by atoms with E-state index in [9.17, 15) is 38.7 Å². The minimum absolute atomic E-state index is 0.0263. The Morgan fingerprint density at radius 3 is 2.46 bits per heavy atom. The fourth-order valence-electron chi connectivity index (χ4n) is 10.4. The van der Waals surface area contributed by atoms with Gasteiger partial charge in [0.15, 0.2) is 0 Å². The zero-order valence-electron chi connectivity index (χ0n) is 38.2. The summed E-state index contributed by atoms with van der Waals surface area (Å²) in [5, 5.41) is 19.2. The first kappa shape index (κ1) is 44.2. The number of benzene rings is 1. The van der Waals surface area contributed by atoms with Gasteiger partial charge in [-0.05, 0) is 91.3 Å². The van der Waals surface area contributed by atoms with Gasteiger partial charge in [-0.3, -0.25) is 48.7 Å². The van der Waals surface area contributed by atoms with E-state index < -0.39 is 29.7 Å². The van der Waals surface area contributed by atoms with E-state index in [0.717, 1.165) is 23.4 Å². The van der Waals surface area contributed by atoms with Gasteiger partial charge in [0.1, 0.15) is 29.1 Å². The number of aromatic nitrogens is 4. The number of hydrogen-bond donors (Lipinski definition) is 4. The molecule has 2 fully saturated rings. The number of piperazine rings is 1.